The SMILES string of the molecule is COc1cccc2c1c(OC)cc1c3c(ccc12)[C@H](CCc1ccc(C(F)(F)F)c(F)c1)CCC3. The van der Waals surface area contributed by atoms with Crippen molar-refractivity contribution in [3.05, 3.63) is 82.7 Å². The van der Waals surface area contributed by atoms with E-state index in [1.54, 1.807) is 14.2 Å². The molecule has 0 saturated carbocycles. The van der Waals surface area contributed by atoms with Gasteiger partial charge in [0, 0.05) is 0 Å². The summed E-state index contributed by atoms with van der Waals surface area (Å²) in [6.45, 7) is 0. The van der Waals surface area contributed by atoms with Gasteiger partial charge >= 0.3 is 6.18 Å². The third-order valence-corrected chi connectivity index (χ3v) is 7.21. The fourth-order valence-electron chi connectivity index (χ4n) is 5.55. The zero-order valence-electron chi connectivity index (χ0n) is 19.6. The van der Waals surface area contributed by atoms with Crippen LogP contribution in [0.4, 0.5) is 17.6 Å². The number of hydrogen-bond acceptors (Lipinski definition) is 2. The highest BCUT2D eigenvalue weighted by Gasteiger charge is 2.34. The molecule has 0 bridgehead atoms. The third kappa shape index (κ3) is 4.19. The molecular formula is C29H26F4O2. The van der Waals surface area contributed by atoms with E-state index in [0.717, 1.165) is 70.9 Å². The number of fused-ring (bicyclic) bond motifs is 5. The Balaban J connectivity index is 1.50. The molecule has 2 nitrogen and oxygen atoms in total. The normalized spacial score (nSPS) is 15.9. The maximum Gasteiger partial charge on any atom is 0.419 e. The van der Waals surface area contributed by atoms with Gasteiger partial charge in [0.15, 0.2) is 0 Å². The minimum absolute atomic E-state index is 0.264. The van der Waals surface area contributed by atoms with E-state index in [-0.39, 0.29) is 5.92 Å². The lowest BCUT2D eigenvalue weighted by Crippen LogP contribution is -2.12. The topological polar surface area (TPSA) is 18.5 Å². The number of halogens is 4. The van der Waals surface area contributed by atoms with Crippen LogP contribution in [0, 0.1) is 5.82 Å². The van der Waals surface area contributed by atoms with E-state index in [9.17, 15) is 17.6 Å². The molecule has 5 rings (SSSR count). The Bertz CT molecular complexity index is 1410. The Hall–Kier alpha value is -3.28. The van der Waals surface area contributed by atoms with Crippen molar-refractivity contribution in [1.29, 1.82) is 0 Å². The van der Waals surface area contributed by atoms with Crippen molar-refractivity contribution in [3.63, 3.8) is 0 Å². The molecule has 0 aliphatic heterocycles. The summed E-state index contributed by atoms with van der Waals surface area (Å²) >= 11 is 0. The van der Waals surface area contributed by atoms with Crippen molar-refractivity contribution in [3.8, 4) is 11.5 Å². The zero-order valence-corrected chi connectivity index (χ0v) is 19.6. The van der Waals surface area contributed by atoms with Gasteiger partial charge in [-0.2, -0.15) is 13.2 Å². The van der Waals surface area contributed by atoms with Gasteiger partial charge in [-0.1, -0.05) is 30.3 Å². The van der Waals surface area contributed by atoms with Crippen molar-refractivity contribution in [1.82, 2.24) is 0 Å². The molecule has 182 valence electrons. The van der Waals surface area contributed by atoms with Gasteiger partial charge in [-0.15, -0.1) is 0 Å². The molecule has 0 N–H and O–H groups in total. The summed E-state index contributed by atoms with van der Waals surface area (Å²) < 4.78 is 64.0. The Morgan fingerprint density at radius 2 is 1.69 bits per heavy atom. The lowest BCUT2D eigenvalue weighted by Gasteiger charge is -2.27. The maximum atomic E-state index is 14.0. The molecule has 0 saturated heterocycles. The average molecular weight is 483 g/mol. The second-order valence-corrected chi connectivity index (χ2v) is 9.13. The number of alkyl halides is 3. The van der Waals surface area contributed by atoms with Crippen molar-refractivity contribution < 1.29 is 27.0 Å². The number of benzene rings is 4. The summed E-state index contributed by atoms with van der Waals surface area (Å²) in [7, 11) is 3.31. The summed E-state index contributed by atoms with van der Waals surface area (Å²) in [5.41, 5.74) is 1.93. The van der Waals surface area contributed by atoms with E-state index in [1.165, 1.54) is 17.2 Å². The zero-order chi connectivity index (χ0) is 24.7. The number of ether oxygens (including phenoxy) is 2. The molecule has 6 heteroatoms. The highest BCUT2D eigenvalue weighted by atomic mass is 19.4. The van der Waals surface area contributed by atoms with Crippen LogP contribution in [-0.4, -0.2) is 14.2 Å². The van der Waals surface area contributed by atoms with Crippen molar-refractivity contribution in [2.75, 3.05) is 14.2 Å². The third-order valence-electron chi connectivity index (χ3n) is 7.21. The van der Waals surface area contributed by atoms with Gasteiger partial charge in [-0.05, 0) is 95.1 Å². The summed E-state index contributed by atoms with van der Waals surface area (Å²) in [4.78, 5) is 0. The van der Waals surface area contributed by atoms with Gasteiger partial charge in [0.25, 0.3) is 0 Å². The summed E-state index contributed by atoms with van der Waals surface area (Å²) in [5, 5.41) is 4.32. The Morgan fingerprint density at radius 1 is 0.886 bits per heavy atom. The van der Waals surface area contributed by atoms with E-state index >= 15 is 0 Å². The van der Waals surface area contributed by atoms with E-state index < -0.39 is 17.6 Å². The first-order valence-electron chi connectivity index (χ1n) is 11.8. The number of aryl methyl sites for hydroxylation is 2. The molecule has 0 spiro atoms. The first-order valence-corrected chi connectivity index (χ1v) is 11.8. The Labute approximate surface area is 201 Å². The summed E-state index contributed by atoms with van der Waals surface area (Å²) in [5.74, 6) is 0.585. The molecule has 1 atom stereocenters. The highest BCUT2D eigenvalue weighted by molar-refractivity contribution is 6.13. The summed E-state index contributed by atoms with van der Waals surface area (Å²) in [6.07, 6.45) is -0.425. The van der Waals surface area contributed by atoms with Crippen LogP contribution in [0.25, 0.3) is 21.5 Å². The van der Waals surface area contributed by atoms with Crippen LogP contribution in [0.5, 0.6) is 11.5 Å². The lowest BCUT2D eigenvalue weighted by atomic mass is 9.77. The van der Waals surface area contributed by atoms with Gasteiger partial charge in [0.05, 0.1) is 25.2 Å². The predicted octanol–water partition coefficient (Wildman–Crippen LogP) is 8.22. The molecule has 0 radical (unpaired) electrons. The van der Waals surface area contributed by atoms with Crippen LogP contribution in [0.2, 0.25) is 0 Å². The van der Waals surface area contributed by atoms with E-state index in [4.69, 9.17) is 9.47 Å². The molecule has 1 aliphatic rings. The number of rotatable bonds is 5. The molecule has 1 aliphatic carbocycles. The van der Waals surface area contributed by atoms with Crippen LogP contribution < -0.4 is 9.47 Å². The molecule has 0 unspecified atom stereocenters. The van der Waals surface area contributed by atoms with Gasteiger partial charge < -0.3 is 9.47 Å². The van der Waals surface area contributed by atoms with E-state index in [1.807, 2.05) is 12.1 Å². The van der Waals surface area contributed by atoms with E-state index in [0.29, 0.717) is 12.0 Å². The Morgan fingerprint density at radius 3 is 2.40 bits per heavy atom. The summed E-state index contributed by atoms with van der Waals surface area (Å²) in [6, 6.07) is 15.7. The molecule has 0 amide bonds. The van der Waals surface area contributed by atoms with Gasteiger partial charge in [0.1, 0.15) is 17.3 Å². The van der Waals surface area contributed by atoms with Crippen molar-refractivity contribution in [2.45, 2.75) is 44.2 Å². The van der Waals surface area contributed by atoms with Gasteiger partial charge in [0.2, 0.25) is 0 Å². The first-order chi connectivity index (χ1) is 16.8. The molecule has 4 aromatic rings. The van der Waals surface area contributed by atoms with Crippen LogP contribution in [0.3, 0.4) is 0 Å². The van der Waals surface area contributed by atoms with E-state index in [2.05, 4.69) is 24.3 Å². The minimum Gasteiger partial charge on any atom is -0.496 e. The predicted molar refractivity (Wildman–Crippen MR) is 130 cm³/mol. The molecule has 0 aromatic heterocycles. The van der Waals surface area contributed by atoms with Crippen molar-refractivity contribution >= 4 is 21.5 Å². The van der Waals surface area contributed by atoms with Crippen molar-refractivity contribution in [2.24, 2.45) is 0 Å². The molecule has 0 fully saturated rings. The maximum absolute atomic E-state index is 14.0. The molecule has 0 heterocycles. The average Bonchev–Trinajstić information content (AvgIpc) is 2.85. The minimum atomic E-state index is -4.68. The standard InChI is InChI=1S/C29H26F4O2/c1-34-26-8-4-7-22-21-13-12-19-18(5-3-6-20(19)23(21)16-27(35-2)28(22)26)11-9-17-10-14-24(25(30)15-17)29(31,32)33/h4,7-8,10,12-16,18H,3,5-6,9,11H2,1-2H3/t18-/m0/s1. The monoisotopic (exact) mass is 482 g/mol. The molecule has 35 heavy (non-hydrogen) atoms. The molecular weight excluding hydrogens is 456 g/mol. The van der Waals surface area contributed by atoms with Gasteiger partial charge in [-0.25, -0.2) is 4.39 Å². The van der Waals surface area contributed by atoms with Crippen LogP contribution in [-0.2, 0) is 19.0 Å². The van der Waals surface area contributed by atoms with Crippen LogP contribution >= 0.6 is 0 Å². The Kier molecular flexibility index (Phi) is 6.07. The fraction of sp³-hybridized carbons (Fsp3) is 0.310. The smallest absolute Gasteiger partial charge is 0.419 e. The van der Waals surface area contributed by atoms with Crippen LogP contribution in [0.1, 0.15) is 47.4 Å². The molecule has 4 aromatic carbocycles. The first kappa shape index (κ1) is 23.5. The largest absolute Gasteiger partial charge is 0.496 e. The van der Waals surface area contributed by atoms with Crippen LogP contribution in [0.15, 0.2) is 54.6 Å². The van der Waals surface area contributed by atoms with Gasteiger partial charge in [-0.3, -0.25) is 0 Å². The fourth-order valence-corrected chi connectivity index (χ4v) is 5.55. The second kappa shape index (κ2) is 9.06. The highest BCUT2D eigenvalue weighted by Crippen LogP contribution is 2.44. The number of hydrogen-bond donors (Lipinski definition) is 0. The number of methoxy groups -OCH3 is 2. The second-order valence-electron chi connectivity index (χ2n) is 9.13. The lowest BCUT2D eigenvalue weighted by molar-refractivity contribution is -0.140. The quantitative estimate of drug-likeness (QED) is 0.211.